The largest absolute Gasteiger partial charge is 0.508 e. The van der Waals surface area contributed by atoms with Gasteiger partial charge in [0.15, 0.2) is 5.96 Å². The van der Waals surface area contributed by atoms with Crippen LogP contribution in [0.5, 0.6) is 5.75 Å². The second kappa shape index (κ2) is 52.7. The number of aliphatic carboxylic acids is 1. The summed E-state index contributed by atoms with van der Waals surface area (Å²) in [7, 11) is 1.17. The van der Waals surface area contributed by atoms with Gasteiger partial charge in [-0.25, -0.2) is 0 Å². The number of nitrogens with one attached hydrogen (secondary N) is 17. The minimum Gasteiger partial charge on any atom is -0.508 e. The molecule has 1 fully saturated rings. The van der Waals surface area contributed by atoms with Crippen LogP contribution in [0.1, 0.15) is 110 Å². The van der Waals surface area contributed by atoms with E-state index < -0.39 is 265 Å². The topological polar surface area (TPSA) is 669 Å². The van der Waals surface area contributed by atoms with E-state index >= 15 is 28.8 Å². The number of benzene rings is 5. The number of para-hydroxylation sites is 1. The van der Waals surface area contributed by atoms with Crippen molar-refractivity contribution in [3.8, 4) is 16.9 Å². The molecule has 6 aromatic rings. The van der Waals surface area contributed by atoms with Crippen molar-refractivity contribution in [1.29, 1.82) is 5.41 Å². The number of guanidine groups is 1. The van der Waals surface area contributed by atoms with Gasteiger partial charge in [0.2, 0.25) is 100 Å². The molecule has 0 radical (unpaired) electrons. The number of hydrogen-bond donors (Lipinski definition) is 23. The third-order valence-electron chi connectivity index (χ3n) is 21.7. The molecule has 0 bridgehead atoms. The number of amides is 17. The van der Waals surface area contributed by atoms with E-state index in [1.54, 1.807) is 127 Å². The number of aromatic hydroxyl groups is 1. The fraction of sp³-hybridized carbons (Fsp3) is 0.446. The molecule has 1 unspecified atom stereocenters. The quantitative estimate of drug-likeness (QED) is 0.0152. The summed E-state index contributed by atoms with van der Waals surface area (Å²) in [5, 5.41) is 78.0. The molecule has 2 heterocycles. The molecule has 43 heteroatoms. The molecule has 0 aliphatic carbocycles. The van der Waals surface area contributed by atoms with Gasteiger partial charge in [-0.15, -0.1) is 11.8 Å². The average Bonchev–Trinajstić information content (AvgIpc) is 1.69. The number of H-pyrrole nitrogens is 1. The zero-order valence-electron chi connectivity index (χ0n) is 76.5. The van der Waals surface area contributed by atoms with Crippen LogP contribution < -0.4 is 97.0 Å². The summed E-state index contributed by atoms with van der Waals surface area (Å²) < 4.78 is 0. The van der Waals surface area contributed by atoms with Crippen molar-refractivity contribution in [2.75, 3.05) is 44.8 Å². The number of nitrogens with two attached hydrogens (primary N) is 3. The van der Waals surface area contributed by atoms with E-state index in [0.29, 0.717) is 39.4 Å². The zero-order valence-corrected chi connectivity index (χ0v) is 77.3. The van der Waals surface area contributed by atoms with Gasteiger partial charge in [0.1, 0.15) is 84.3 Å². The highest BCUT2D eigenvalue weighted by molar-refractivity contribution is 8.00. The van der Waals surface area contributed by atoms with Crippen LogP contribution in [0.4, 0.5) is 0 Å². The SMILES string of the molecule is CC(C)C[C@@H]1NC(=O)[C@H](CC(N)=O)NC(=O)CN(C)C(=O)[C@H](CCCNC(=N)N)NC(=O)[C@H](C(C)C)NC(=O)[C@H](Cc2ccc(-c3ccccc3)cc2)NC(=O)[C@H](C(C)C)NC(=O)C(Cc2c[nH]c3ccccc23)NC(=O)[C@H](CC(=O)O)NC(=O)[C@H](Cc2ccc(O)cc2)NC(=O)[C@H](Cc2ccccc2)NC(=O)CSC[C@@H](C(=O)NCC(N)=O)NC(=O)[C@H](CO)NC(=O)[C@H](C(C)C)NC1=O. The van der Waals surface area contributed by atoms with Crippen LogP contribution in [0.3, 0.4) is 0 Å². The molecule has 1 saturated heterocycles. The maximum absolute atomic E-state index is 15.4. The molecule has 17 amide bonds. The second-order valence-corrected chi connectivity index (χ2v) is 35.3. The molecule has 42 nitrogen and oxygen atoms in total. The highest BCUT2D eigenvalue weighted by atomic mass is 32.2. The zero-order chi connectivity index (χ0) is 99.4. The molecule has 13 atom stereocenters. The van der Waals surface area contributed by atoms with E-state index in [2.05, 4.69) is 84.7 Å². The fourth-order valence-electron chi connectivity index (χ4n) is 14.6. The number of phenols is 1. The number of nitrogens with zero attached hydrogens (tertiary/aromatic N) is 1. The minimum absolute atomic E-state index is 0.0183. The first-order valence-corrected chi connectivity index (χ1v) is 45.1. The number of aromatic amines is 1. The van der Waals surface area contributed by atoms with Crippen LogP contribution >= 0.6 is 11.8 Å². The summed E-state index contributed by atoms with van der Waals surface area (Å²) >= 11 is 0.694. The number of rotatable bonds is 26. The summed E-state index contributed by atoms with van der Waals surface area (Å²) in [6.45, 7) is 9.79. The van der Waals surface area contributed by atoms with Crippen molar-refractivity contribution < 1.29 is 102 Å². The van der Waals surface area contributed by atoms with E-state index in [9.17, 15) is 72.9 Å². The number of aromatic nitrogens is 1. The molecule has 135 heavy (non-hydrogen) atoms. The van der Waals surface area contributed by atoms with Crippen molar-refractivity contribution in [1.82, 2.24) is 89.6 Å². The summed E-state index contributed by atoms with van der Waals surface area (Å²) in [5.41, 5.74) is 20.4. The molecule has 26 N–H and O–H groups in total. The molecule has 1 aliphatic heterocycles. The van der Waals surface area contributed by atoms with Crippen LogP contribution in [0.15, 0.2) is 140 Å². The van der Waals surface area contributed by atoms with Crippen molar-refractivity contribution in [2.45, 2.75) is 192 Å². The first-order chi connectivity index (χ1) is 64.0. The van der Waals surface area contributed by atoms with Crippen LogP contribution in [0, 0.1) is 29.1 Å². The lowest BCUT2D eigenvalue weighted by atomic mass is 9.97. The Balaban J connectivity index is 1.32. The number of fused-ring (bicyclic) bond motifs is 1. The van der Waals surface area contributed by atoms with Gasteiger partial charge in [0, 0.05) is 62.1 Å². The average molecular weight is 1890 g/mol. The van der Waals surface area contributed by atoms with Crippen molar-refractivity contribution in [3.63, 3.8) is 0 Å². The van der Waals surface area contributed by atoms with Crippen LogP contribution in [0.2, 0.25) is 0 Å². The smallest absolute Gasteiger partial charge is 0.305 e. The molecule has 5 aromatic carbocycles. The summed E-state index contributed by atoms with van der Waals surface area (Å²) in [6.07, 6.45) is -2.17. The molecule has 1 aliphatic rings. The lowest BCUT2D eigenvalue weighted by Gasteiger charge is -2.30. The Kier molecular flexibility index (Phi) is 41.9. The fourth-order valence-corrected chi connectivity index (χ4v) is 15.4. The molecular weight excluding hydrogens is 1770 g/mol. The lowest BCUT2D eigenvalue weighted by molar-refractivity contribution is -0.141. The Morgan fingerprint density at radius 1 is 0.459 bits per heavy atom. The van der Waals surface area contributed by atoms with E-state index in [0.717, 1.165) is 16.0 Å². The standard InChI is InChI=1S/C92H123N21O21S/c1-48(2)35-62-84(127)110-78(51(7)8)90(133)108-69(45-114)87(130)109-70(79(122)99-43-72(94)117)46-135-47-74(119)101-63(36-52-19-12-10-13-20-52)80(123)104-64(38-54-28-32-58(115)33-29-54)81(124)106-68(41-75(120)121)83(126)105-66(39-57-42-98-60-24-17-16-23-59(57)60)86(129)112-77(50(5)6)89(132)107-65(37-53-26-30-56(31-27-53)55-21-14-11-15-22-55)85(128)111-76(49(3)4)88(131)102-61(25-18-34-97-92(95)96)91(134)113(9)44-73(118)100-67(40-71(93)116)82(125)103-62/h10-17,19-24,26-33,42,48-51,61-70,76-78,98,114-115H,18,25,34-41,43-47H2,1-9H3,(H2,93,116)(H2,94,117)(H,99,122)(H,100,118)(H,101,119)(H,102,131)(H,103,125)(H,104,123)(H,105,126)(H,106,124)(H,107,132)(H,108,133)(H,109,130)(H,110,127)(H,111,128)(H,112,129)(H,120,121)(H4,95,96,97)/t61-,62-,63-,64-,65-,66?,67-,68-,69-,70-,76-,77-,78-/m0/s1. The number of aliphatic hydroxyl groups excluding tert-OH is 1. The third kappa shape index (κ3) is 34.9. The van der Waals surface area contributed by atoms with Crippen molar-refractivity contribution >= 4 is 135 Å². The Bertz CT molecular complexity index is 5180. The van der Waals surface area contributed by atoms with E-state index in [-0.39, 0.29) is 56.4 Å². The van der Waals surface area contributed by atoms with Gasteiger partial charge in [0.25, 0.3) is 0 Å². The van der Waals surface area contributed by atoms with Gasteiger partial charge in [-0.1, -0.05) is 171 Å². The number of phenolic OH excluding ortho intramolecular Hbond substituents is 1. The Morgan fingerprint density at radius 2 is 0.881 bits per heavy atom. The second-order valence-electron chi connectivity index (χ2n) is 34.3. The molecule has 7 rings (SSSR count). The van der Waals surface area contributed by atoms with Crippen LogP contribution in [0.25, 0.3) is 22.0 Å². The molecule has 0 spiro atoms. The molecule has 728 valence electrons. The van der Waals surface area contributed by atoms with Gasteiger partial charge >= 0.3 is 5.97 Å². The highest BCUT2D eigenvalue weighted by Gasteiger charge is 2.41. The van der Waals surface area contributed by atoms with Crippen LogP contribution in [-0.2, 0) is 112 Å². The highest BCUT2D eigenvalue weighted by Crippen LogP contribution is 2.24. The molecule has 1 aromatic heterocycles. The molecular formula is C92H123N21O21S. The van der Waals surface area contributed by atoms with Crippen molar-refractivity contribution in [3.05, 3.63) is 162 Å². The van der Waals surface area contributed by atoms with Gasteiger partial charge in [0.05, 0.1) is 38.3 Å². The van der Waals surface area contributed by atoms with Gasteiger partial charge in [-0.3, -0.25) is 91.7 Å². The van der Waals surface area contributed by atoms with E-state index in [1.807, 2.05) is 30.3 Å². The number of likely N-dealkylation sites (N-methyl/N-ethyl adjacent to an activating group) is 1. The van der Waals surface area contributed by atoms with Crippen LogP contribution in [-0.4, -0.2) is 261 Å². The van der Waals surface area contributed by atoms with Gasteiger partial charge in [-0.05, 0) is 94.5 Å². The number of carbonyl (C=O) groups is 18. The van der Waals surface area contributed by atoms with Gasteiger partial charge in [-0.2, -0.15) is 0 Å². The number of hydrogen-bond acceptors (Lipinski definition) is 22. The third-order valence-corrected chi connectivity index (χ3v) is 22.8. The first kappa shape index (κ1) is 108. The Morgan fingerprint density at radius 3 is 1.39 bits per heavy atom. The Labute approximate surface area is 784 Å². The number of primary amides is 2. The normalized spacial score (nSPS) is 22.5. The summed E-state index contributed by atoms with van der Waals surface area (Å²) in [6, 6.07) is 14.7. The van der Waals surface area contributed by atoms with E-state index in [1.165, 1.54) is 45.2 Å². The Hall–Kier alpha value is -14.5. The predicted molar refractivity (Wildman–Crippen MR) is 498 cm³/mol. The maximum atomic E-state index is 15.4. The number of carboxylic acid groups (broad SMARTS) is 1. The predicted octanol–water partition coefficient (Wildman–Crippen LogP) is -2.46. The summed E-state index contributed by atoms with van der Waals surface area (Å²) in [4.78, 5) is 262. The number of carbonyl (C=O) groups excluding carboxylic acids is 17. The number of thioether (sulfide) groups is 1. The summed E-state index contributed by atoms with van der Waals surface area (Å²) in [5.74, 6) is -24.3. The lowest BCUT2D eigenvalue weighted by Crippen LogP contribution is -2.62. The number of aliphatic hydroxyl groups is 1. The van der Waals surface area contributed by atoms with Gasteiger partial charge < -0.3 is 122 Å². The number of carboxylic acids is 1. The maximum Gasteiger partial charge on any atom is 0.305 e. The van der Waals surface area contributed by atoms with E-state index in [4.69, 9.17) is 22.6 Å². The minimum atomic E-state index is -2.08. The van der Waals surface area contributed by atoms with Crippen molar-refractivity contribution in [2.24, 2.45) is 40.9 Å². The first-order valence-electron chi connectivity index (χ1n) is 44.0. The molecule has 0 saturated carbocycles. The monoisotopic (exact) mass is 1890 g/mol.